The van der Waals surface area contributed by atoms with Gasteiger partial charge in [-0.1, -0.05) is 18.2 Å². The van der Waals surface area contributed by atoms with Crippen LogP contribution in [0.4, 0.5) is 4.39 Å². The van der Waals surface area contributed by atoms with Crippen molar-refractivity contribution in [2.24, 2.45) is 0 Å². The summed E-state index contributed by atoms with van der Waals surface area (Å²) >= 11 is 1.11. The number of sulfonamides is 1. The Kier molecular flexibility index (Phi) is 7.53. The molecule has 11 heteroatoms. The summed E-state index contributed by atoms with van der Waals surface area (Å²) in [6.07, 6.45) is 0.0957. The Hall–Kier alpha value is -2.34. The van der Waals surface area contributed by atoms with Crippen LogP contribution in [-0.2, 0) is 30.8 Å². The van der Waals surface area contributed by atoms with Crippen molar-refractivity contribution in [3.8, 4) is 0 Å². The van der Waals surface area contributed by atoms with Gasteiger partial charge >= 0.3 is 11.8 Å². The van der Waals surface area contributed by atoms with E-state index in [1.807, 2.05) is 0 Å². The van der Waals surface area contributed by atoms with Crippen molar-refractivity contribution < 1.29 is 27.1 Å². The molecule has 1 aromatic heterocycles. The van der Waals surface area contributed by atoms with Crippen molar-refractivity contribution in [1.29, 1.82) is 0 Å². The van der Waals surface area contributed by atoms with Gasteiger partial charge in [0.2, 0.25) is 0 Å². The Morgan fingerprint density at radius 2 is 1.90 bits per heavy atom. The maximum absolute atomic E-state index is 12.9. The standard InChI is InChI=1S/C19H22FN3O5S2/c20-15-6-4-14(5-7-15)8-9-21-18(24)19(25)22-13-16-23(10-2-11-28-16)30(26,27)17-3-1-12-29-17/h1,3-7,12,16H,2,8-11,13H2,(H,21,24)(H,22,25)/t16-/m1/s1. The zero-order valence-electron chi connectivity index (χ0n) is 16.0. The molecule has 2 heterocycles. The molecule has 1 aromatic carbocycles. The first kappa shape index (κ1) is 22.3. The van der Waals surface area contributed by atoms with Crippen LogP contribution in [0.5, 0.6) is 0 Å². The van der Waals surface area contributed by atoms with Crippen LogP contribution in [-0.4, -0.2) is 57.0 Å². The monoisotopic (exact) mass is 455 g/mol. The quantitative estimate of drug-likeness (QED) is 0.609. The van der Waals surface area contributed by atoms with Gasteiger partial charge in [-0.2, -0.15) is 4.31 Å². The predicted molar refractivity (Wildman–Crippen MR) is 109 cm³/mol. The fourth-order valence-electron chi connectivity index (χ4n) is 2.94. The van der Waals surface area contributed by atoms with Crippen LogP contribution in [0.25, 0.3) is 0 Å². The highest BCUT2D eigenvalue weighted by atomic mass is 32.2. The van der Waals surface area contributed by atoms with Crippen molar-refractivity contribution in [3.05, 3.63) is 53.2 Å². The highest BCUT2D eigenvalue weighted by molar-refractivity contribution is 7.91. The summed E-state index contributed by atoms with van der Waals surface area (Å²) in [4.78, 5) is 24.0. The van der Waals surface area contributed by atoms with Crippen molar-refractivity contribution in [1.82, 2.24) is 14.9 Å². The zero-order valence-corrected chi connectivity index (χ0v) is 17.7. The number of halogens is 1. The Balaban J connectivity index is 1.49. The molecule has 2 N–H and O–H groups in total. The summed E-state index contributed by atoms with van der Waals surface area (Å²) in [6.45, 7) is 0.691. The second kappa shape index (κ2) is 10.1. The minimum Gasteiger partial charge on any atom is -0.360 e. The van der Waals surface area contributed by atoms with Crippen molar-refractivity contribution in [3.63, 3.8) is 0 Å². The molecule has 0 saturated carbocycles. The first-order valence-electron chi connectivity index (χ1n) is 9.35. The second-order valence-corrected chi connectivity index (χ2v) is 9.63. The normalized spacial score (nSPS) is 17.4. The number of ether oxygens (including phenoxy) is 1. The van der Waals surface area contributed by atoms with E-state index >= 15 is 0 Å². The number of hydrogen-bond donors (Lipinski definition) is 2. The van der Waals surface area contributed by atoms with Gasteiger partial charge in [-0.15, -0.1) is 11.3 Å². The number of carbonyl (C=O) groups excluding carboxylic acids is 2. The van der Waals surface area contributed by atoms with Crippen molar-refractivity contribution in [2.75, 3.05) is 26.2 Å². The Labute approximate surface area is 178 Å². The van der Waals surface area contributed by atoms with Crippen LogP contribution >= 0.6 is 11.3 Å². The number of hydrogen-bond acceptors (Lipinski definition) is 6. The molecule has 1 aliphatic rings. The predicted octanol–water partition coefficient (Wildman–Crippen LogP) is 1.10. The molecule has 0 radical (unpaired) electrons. The van der Waals surface area contributed by atoms with E-state index in [1.54, 1.807) is 23.6 Å². The number of thiophene rings is 1. The minimum absolute atomic E-state index is 0.144. The van der Waals surface area contributed by atoms with E-state index < -0.39 is 28.1 Å². The molecular formula is C19H22FN3O5S2. The van der Waals surface area contributed by atoms with E-state index in [0.717, 1.165) is 16.9 Å². The van der Waals surface area contributed by atoms with Crippen LogP contribution in [0, 0.1) is 5.82 Å². The molecule has 2 amide bonds. The zero-order chi connectivity index (χ0) is 21.6. The third kappa shape index (κ3) is 5.63. The van der Waals surface area contributed by atoms with Gasteiger partial charge in [0, 0.05) is 13.1 Å². The SMILES string of the molecule is O=C(NCCc1ccc(F)cc1)C(=O)NC[C@H]1OCCCN1S(=O)(=O)c1cccs1. The summed E-state index contributed by atoms with van der Waals surface area (Å²) < 4.78 is 45.4. The van der Waals surface area contributed by atoms with E-state index in [1.165, 1.54) is 22.5 Å². The minimum atomic E-state index is -3.74. The van der Waals surface area contributed by atoms with E-state index in [9.17, 15) is 22.4 Å². The topological polar surface area (TPSA) is 105 Å². The third-order valence-electron chi connectivity index (χ3n) is 4.47. The number of carbonyl (C=O) groups is 2. The van der Waals surface area contributed by atoms with Crippen molar-refractivity contribution in [2.45, 2.75) is 23.3 Å². The number of rotatable bonds is 7. The van der Waals surface area contributed by atoms with E-state index in [0.29, 0.717) is 19.4 Å². The molecule has 0 spiro atoms. The number of nitrogens with zero attached hydrogens (tertiary/aromatic N) is 1. The largest absolute Gasteiger partial charge is 0.360 e. The highest BCUT2D eigenvalue weighted by Gasteiger charge is 2.35. The van der Waals surface area contributed by atoms with E-state index in [2.05, 4.69) is 10.6 Å². The molecular weight excluding hydrogens is 433 g/mol. The van der Waals surface area contributed by atoms with Gasteiger partial charge in [0.15, 0.2) is 0 Å². The van der Waals surface area contributed by atoms with E-state index in [-0.39, 0.29) is 29.7 Å². The summed E-state index contributed by atoms with van der Waals surface area (Å²) in [7, 11) is -3.74. The molecule has 30 heavy (non-hydrogen) atoms. The lowest BCUT2D eigenvalue weighted by Gasteiger charge is -2.34. The molecule has 1 saturated heterocycles. The molecule has 1 fully saturated rings. The Morgan fingerprint density at radius 3 is 2.60 bits per heavy atom. The Bertz CT molecular complexity index is 965. The number of amides is 2. The van der Waals surface area contributed by atoms with Crippen LogP contribution in [0.2, 0.25) is 0 Å². The van der Waals surface area contributed by atoms with Crippen LogP contribution in [0.1, 0.15) is 12.0 Å². The fraction of sp³-hybridized carbons (Fsp3) is 0.368. The lowest BCUT2D eigenvalue weighted by atomic mass is 10.1. The second-order valence-electron chi connectivity index (χ2n) is 6.57. The van der Waals surface area contributed by atoms with Gasteiger partial charge in [-0.3, -0.25) is 9.59 Å². The average molecular weight is 456 g/mol. The smallest absolute Gasteiger partial charge is 0.309 e. The fourth-order valence-corrected chi connectivity index (χ4v) is 5.63. The summed E-state index contributed by atoms with van der Waals surface area (Å²) in [5.41, 5.74) is 0.821. The summed E-state index contributed by atoms with van der Waals surface area (Å²) in [5.74, 6) is -2.06. The molecule has 0 unspecified atom stereocenters. The molecule has 3 rings (SSSR count). The summed E-state index contributed by atoms with van der Waals surface area (Å²) in [6, 6.07) is 9.01. The first-order chi connectivity index (χ1) is 14.4. The van der Waals surface area contributed by atoms with Crippen LogP contribution in [0.15, 0.2) is 46.0 Å². The molecule has 162 valence electrons. The van der Waals surface area contributed by atoms with Gasteiger partial charge in [0.25, 0.3) is 10.0 Å². The maximum atomic E-state index is 12.9. The van der Waals surface area contributed by atoms with Crippen LogP contribution < -0.4 is 10.6 Å². The average Bonchev–Trinajstić information content (AvgIpc) is 3.29. The van der Waals surface area contributed by atoms with Gasteiger partial charge in [-0.25, -0.2) is 12.8 Å². The van der Waals surface area contributed by atoms with Gasteiger partial charge in [-0.05, 0) is 42.0 Å². The molecule has 1 aliphatic heterocycles. The molecule has 0 bridgehead atoms. The number of benzene rings is 1. The lowest BCUT2D eigenvalue weighted by molar-refractivity contribution is -0.140. The first-order valence-corrected chi connectivity index (χ1v) is 11.7. The Morgan fingerprint density at radius 1 is 1.17 bits per heavy atom. The van der Waals surface area contributed by atoms with Gasteiger partial charge in [0.1, 0.15) is 16.3 Å². The lowest BCUT2D eigenvalue weighted by Crippen LogP contribution is -2.53. The highest BCUT2D eigenvalue weighted by Crippen LogP contribution is 2.25. The van der Waals surface area contributed by atoms with Gasteiger partial charge in [0.05, 0.1) is 13.2 Å². The molecule has 2 aromatic rings. The van der Waals surface area contributed by atoms with Gasteiger partial charge < -0.3 is 15.4 Å². The maximum Gasteiger partial charge on any atom is 0.309 e. The van der Waals surface area contributed by atoms with Crippen molar-refractivity contribution >= 4 is 33.2 Å². The molecule has 8 nitrogen and oxygen atoms in total. The van der Waals surface area contributed by atoms with E-state index in [4.69, 9.17) is 4.74 Å². The number of nitrogens with one attached hydrogen (secondary N) is 2. The summed E-state index contributed by atoms with van der Waals surface area (Å²) in [5, 5.41) is 6.58. The third-order valence-corrected chi connectivity index (χ3v) is 7.73. The molecule has 1 atom stereocenters. The molecule has 0 aliphatic carbocycles. The van der Waals surface area contributed by atoms with Crippen LogP contribution in [0.3, 0.4) is 0 Å².